The predicted octanol–water partition coefficient (Wildman–Crippen LogP) is 5.62. The smallest absolute Gasteiger partial charge is 0.160 e. The average molecular weight is 351 g/mol. The van der Waals surface area contributed by atoms with Gasteiger partial charge in [0, 0.05) is 15.1 Å². The van der Waals surface area contributed by atoms with Crippen LogP contribution < -0.4 is 5.32 Å². The molecule has 112 valence electrons. The molecule has 0 aliphatic heterocycles. The molecule has 0 saturated carbocycles. The molecule has 0 heterocycles. The van der Waals surface area contributed by atoms with Crippen LogP contribution in [0.2, 0.25) is 15.1 Å². The largest absolute Gasteiger partial charge is 0.306 e. The fraction of sp³-hybridized carbons (Fsp3) is 0.200. The van der Waals surface area contributed by atoms with Crippen LogP contribution in [0.4, 0.5) is 8.78 Å². The van der Waals surface area contributed by atoms with Crippen LogP contribution in [0.15, 0.2) is 30.3 Å². The van der Waals surface area contributed by atoms with E-state index in [9.17, 15) is 8.78 Å². The third-order valence-corrected chi connectivity index (χ3v) is 3.92. The zero-order valence-electron chi connectivity index (χ0n) is 11.1. The van der Waals surface area contributed by atoms with Crippen LogP contribution in [0.5, 0.6) is 0 Å². The molecule has 0 amide bonds. The van der Waals surface area contributed by atoms with Crippen molar-refractivity contribution in [3.8, 4) is 0 Å². The van der Waals surface area contributed by atoms with E-state index in [0.29, 0.717) is 27.7 Å². The molecular weight excluding hydrogens is 339 g/mol. The van der Waals surface area contributed by atoms with Gasteiger partial charge in [-0.05, 0) is 41.9 Å². The van der Waals surface area contributed by atoms with E-state index < -0.39 is 17.7 Å². The third-order valence-electron chi connectivity index (χ3n) is 3.03. The summed E-state index contributed by atoms with van der Waals surface area (Å²) in [6, 6.07) is 6.59. The molecule has 0 aliphatic rings. The zero-order valence-corrected chi connectivity index (χ0v) is 13.3. The molecule has 1 atom stereocenters. The van der Waals surface area contributed by atoms with Gasteiger partial charge in [-0.2, -0.15) is 0 Å². The first-order chi connectivity index (χ1) is 9.93. The predicted molar refractivity (Wildman–Crippen MR) is 83.3 cm³/mol. The number of hydrogen-bond donors (Lipinski definition) is 1. The Morgan fingerprint density at radius 1 is 0.952 bits per heavy atom. The summed E-state index contributed by atoms with van der Waals surface area (Å²) in [7, 11) is 0. The first-order valence-corrected chi connectivity index (χ1v) is 7.40. The summed E-state index contributed by atoms with van der Waals surface area (Å²) in [5.41, 5.74) is 1.11. The second kappa shape index (κ2) is 6.93. The molecule has 0 aliphatic carbocycles. The van der Waals surface area contributed by atoms with Gasteiger partial charge in [-0.15, -0.1) is 0 Å². The minimum atomic E-state index is -0.985. The number of benzene rings is 2. The molecule has 0 fully saturated rings. The Bertz CT molecular complexity index is 662. The van der Waals surface area contributed by atoms with Gasteiger partial charge in [0.15, 0.2) is 11.6 Å². The van der Waals surface area contributed by atoms with Crippen LogP contribution in [-0.4, -0.2) is 6.54 Å². The van der Waals surface area contributed by atoms with Crippen LogP contribution in [0, 0.1) is 11.6 Å². The average Bonchev–Trinajstić information content (AvgIpc) is 2.41. The van der Waals surface area contributed by atoms with Gasteiger partial charge < -0.3 is 5.32 Å². The summed E-state index contributed by atoms with van der Waals surface area (Å²) < 4.78 is 26.7. The van der Waals surface area contributed by atoms with Gasteiger partial charge >= 0.3 is 0 Å². The van der Waals surface area contributed by atoms with Crippen molar-refractivity contribution >= 4 is 34.8 Å². The van der Waals surface area contributed by atoms with Crippen molar-refractivity contribution in [3.63, 3.8) is 0 Å². The van der Waals surface area contributed by atoms with Crippen molar-refractivity contribution in [1.29, 1.82) is 0 Å². The lowest BCUT2D eigenvalue weighted by atomic mass is 9.98. The van der Waals surface area contributed by atoms with Crippen LogP contribution in [0.3, 0.4) is 0 Å². The van der Waals surface area contributed by atoms with Crippen LogP contribution >= 0.6 is 34.8 Å². The van der Waals surface area contributed by atoms with Crippen LogP contribution in [0.1, 0.15) is 24.1 Å². The Hall–Kier alpha value is -0.870. The standard InChI is InChI=1S/C15H12Cl3F2N/c1-2-21-15(9-4-3-8(16)5-11(9)17)10-6-13(19)14(20)7-12(10)18/h3-7,15,21H,2H2,1H3. The number of hydrogen-bond acceptors (Lipinski definition) is 1. The highest BCUT2D eigenvalue weighted by molar-refractivity contribution is 6.35. The van der Waals surface area contributed by atoms with E-state index in [2.05, 4.69) is 5.32 Å². The van der Waals surface area contributed by atoms with Crippen molar-refractivity contribution in [3.05, 3.63) is 68.2 Å². The summed E-state index contributed by atoms with van der Waals surface area (Å²) >= 11 is 18.1. The SMILES string of the molecule is CCNC(c1ccc(Cl)cc1Cl)c1cc(F)c(F)cc1Cl. The Morgan fingerprint density at radius 2 is 1.57 bits per heavy atom. The minimum absolute atomic E-state index is 0.130. The van der Waals surface area contributed by atoms with E-state index in [1.807, 2.05) is 6.92 Å². The van der Waals surface area contributed by atoms with Gasteiger partial charge in [0.1, 0.15) is 0 Å². The van der Waals surface area contributed by atoms with E-state index >= 15 is 0 Å². The highest BCUT2D eigenvalue weighted by Crippen LogP contribution is 2.34. The number of rotatable bonds is 4. The highest BCUT2D eigenvalue weighted by atomic mass is 35.5. The molecular formula is C15H12Cl3F2N. The maximum Gasteiger partial charge on any atom is 0.160 e. The maximum atomic E-state index is 13.5. The van der Waals surface area contributed by atoms with Crippen LogP contribution in [-0.2, 0) is 0 Å². The molecule has 1 nitrogen and oxygen atoms in total. The Morgan fingerprint density at radius 3 is 2.19 bits per heavy atom. The molecule has 2 aromatic carbocycles. The van der Waals surface area contributed by atoms with E-state index in [-0.39, 0.29) is 5.02 Å². The van der Waals surface area contributed by atoms with Crippen molar-refractivity contribution in [2.24, 2.45) is 0 Å². The van der Waals surface area contributed by atoms with Gasteiger partial charge in [0.25, 0.3) is 0 Å². The monoisotopic (exact) mass is 349 g/mol. The van der Waals surface area contributed by atoms with Crippen molar-refractivity contribution in [2.45, 2.75) is 13.0 Å². The van der Waals surface area contributed by atoms with Gasteiger partial charge in [0.2, 0.25) is 0 Å². The molecule has 0 radical (unpaired) electrons. The molecule has 6 heteroatoms. The van der Waals surface area contributed by atoms with Gasteiger partial charge in [0.05, 0.1) is 6.04 Å². The molecule has 0 saturated heterocycles. The highest BCUT2D eigenvalue weighted by Gasteiger charge is 2.21. The maximum absolute atomic E-state index is 13.5. The molecule has 0 aromatic heterocycles. The second-order valence-electron chi connectivity index (χ2n) is 4.44. The lowest BCUT2D eigenvalue weighted by Crippen LogP contribution is -2.23. The van der Waals surface area contributed by atoms with Crippen LogP contribution in [0.25, 0.3) is 0 Å². The Labute approximate surface area is 136 Å². The molecule has 0 bridgehead atoms. The normalized spacial score (nSPS) is 12.5. The first kappa shape index (κ1) is 16.5. The van der Waals surface area contributed by atoms with E-state index in [1.165, 1.54) is 0 Å². The molecule has 2 aromatic rings. The fourth-order valence-electron chi connectivity index (χ4n) is 2.09. The van der Waals surface area contributed by atoms with E-state index in [0.717, 1.165) is 12.1 Å². The summed E-state index contributed by atoms with van der Waals surface area (Å²) in [5.74, 6) is -1.94. The Kier molecular flexibility index (Phi) is 5.44. The summed E-state index contributed by atoms with van der Waals surface area (Å²) in [5, 5.41) is 4.21. The lowest BCUT2D eigenvalue weighted by Gasteiger charge is -2.21. The Balaban J connectivity index is 2.55. The number of halogens is 5. The van der Waals surface area contributed by atoms with Crippen molar-refractivity contribution < 1.29 is 8.78 Å². The fourth-order valence-corrected chi connectivity index (χ4v) is 2.86. The topological polar surface area (TPSA) is 12.0 Å². The molecule has 1 unspecified atom stereocenters. The van der Waals surface area contributed by atoms with Gasteiger partial charge in [-0.3, -0.25) is 0 Å². The van der Waals surface area contributed by atoms with Crippen molar-refractivity contribution in [2.75, 3.05) is 6.54 Å². The van der Waals surface area contributed by atoms with Gasteiger partial charge in [-0.1, -0.05) is 47.8 Å². The summed E-state index contributed by atoms with van der Waals surface area (Å²) in [4.78, 5) is 0. The minimum Gasteiger partial charge on any atom is -0.306 e. The first-order valence-electron chi connectivity index (χ1n) is 6.26. The summed E-state index contributed by atoms with van der Waals surface area (Å²) in [6.07, 6.45) is 0. The molecule has 2 rings (SSSR count). The number of nitrogens with one attached hydrogen (secondary N) is 1. The second-order valence-corrected chi connectivity index (χ2v) is 5.70. The lowest BCUT2D eigenvalue weighted by molar-refractivity contribution is 0.504. The third kappa shape index (κ3) is 3.67. The summed E-state index contributed by atoms with van der Waals surface area (Å²) in [6.45, 7) is 2.49. The van der Waals surface area contributed by atoms with E-state index in [4.69, 9.17) is 34.8 Å². The van der Waals surface area contributed by atoms with Gasteiger partial charge in [-0.25, -0.2) is 8.78 Å². The molecule has 0 spiro atoms. The van der Waals surface area contributed by atoms with E-state index in [1.54, 1.807) is 18.2 Å². The zero-order chi connectivity index (χ0) is 15.6. The molecule has 21 heavy (non-hydrogen) atoms. The quantitative estimate of drug-likeness (QED) is 0.705. The van der Waals surface area contributed by atoms with Crippen molar-refractivity contribution in [1.82, 2.24) is 5.32 Å². The molecule has 1 N–H and O–H groups in total.